The number of hydrogen-bond acceptors (Lipinski definition) is 5. The van der Waals surface area contributed by atoms with Gasteiger partial charge in [-0.25, -0.2) is 14.8 Å². The Labute approximate surface area is 194 Å². The minimum absolute atomic E-state index is 0.359. The van der Waals surface area contributed by atoms with Crippen LogP contribution in [0.3, 0.4) is 0 Å². The van der Waals surface area contributed by atoms with Crippen LogP contribution in [0.4, 0.5) is 0 Å². The second-order valence-corrected chi connectivity index (χ2v) is 8.01. The zero-order valence-corrected chi connectivity index (χ0v) is 18.3. The van der Waals surface area contributed by atoms with Crippen molar-refractivity contribution in [3.05, 3.63) is 113 Å². The zero-order chi connectivity index (χ0) is 23.1. The van der Waals surface area contributed by atoms with Crippen LogP contribution in [0.2, 0.25) is 0 Å². The first-order chi connectivity index (χ1) is 16.7. The maximum Gasteiger partial charge on any atom is 0.336 e. The predicted octanol–water partition coefficient (Wildman–Crippen LogP) is 6.27. The van der Waals surface area contributed by atoms with Gasteiger partial charge in [0.2, 0.25) is 5.65 Å². The normalized spacial score (nSPS) is 11.2. The van der Waals surface area contributed by atoms with Gasteiger partial charge in [0.1, 0.15) is 11.3 Å². The van der Waals surface area contributed by atoms with Gasteiger partial charge in [0, 0.05) is 34.8 Å². The second kappa shape index (κ2) is 8.01. The third kappa shape index (κ3) is 3.51. The third-order valence-electron chi connectivity index (χ3n) is 5.74. The van der Waals surface area contributed by atoms with Crippen LogP contribution in [-0.4, -0.2) is 14.4 Å². The Hall–Kier alpha value is -4.71. The summed E-state index contributed by atoms with van der Waals surface area (Å²) < 4.78 is 13.6. The quantitative estimate of drug-likeness (QED) is 0.299. The van der Waals surface area contributed by atoms with Crippen molar-refractivity contribution in [2.24, 2.45) is 0 Å². The Kier molecular flexibility index (Phi) is 4.70. The number of imidazole rings is 1. The molecule has 0 unspecified atom stereocenters. The fourth-order valence-electron chi connectivity index (χ4n) is 4.08. The first kappa shape index (κ1) is 19.9. The van der Waals surface area contributed by atoms with E-state index in [4.69, 9.17) is 14.1 Å². The first-order valence-corrected chi connectivity index (χ1v) is 10.9. The SMILES string of the molecule is Cc1cc(=O)oc2cc(Oc3nc(-c4ccccc4)cn4c(-c5ccccc5)cnc34)ccc12. The molecule has 164 valence electrons. The van der Waals surface area contributed by atoms with Gasteiger partial charge >= 0.3 is 5.63 Å². The first-order valence-electron chi connectivity index (χ1n) is 10.9. The number of rotatable bonds is 4. The van der Waals surface area contributed by atoms with Gasteiger partial charge in [-0.1, -0.05) is 60.7 Å². The van der Waals surface area contributed by atoms with E-state index in [2.05, 4.69) is 4.98 Å². The molecular weight excluding hydrogens is 426 g/mol. The smallest absolute Gasteiger partial charge is 0.336 e. The summed E-state index contributed by atoms with van der Waals surface area (Å²) in [7, 11) is 0. The van der Waals surface area contributed by atoms with Crippen LogP contribution >= 0.6 is 0 Å². The number of hydrogen-bond donors (Lipinski definition) is 0. The van der Waals surface area contributed by atoms with Crippen LogP contribution < -0.4 is 10.4 Å². The Morgan fingerprint density at radius 2 is 1.62 bits per heavy atom. The van der Waals surface area contributed by atoms with Crippen LogP contribution in [0.5, 0.6) is 11.6 Å². The molecule has 6 aromatic rings. The molecule has 6 heteroatoms. The molecule has 0 aliphatic heterocycles. The Morgan fingerprint density at radius 3 is 2.38 bits per heavy atom. The summed E-state index contributed by atoms with van der Waals surface area (Å²) in [6, 6.07) is 26.9. The molecule has 0 aliphatic rings. The minimum atomic E-state index is -0.394. The molecule has 0 spiro atoms. The standard InChI is InChI=1S/C28H19N3O3/c1-18-14-26(32)34-25-15-21(12-13-22(18)25)33-28-27-29-16-24(20-10-6-3-7-11-20)31(27)17-23(30-28)19-8-4-2-5-9-19/h2-17H,1H3. The van der Waals surface area contributed by atoms with E-state index < -0.39 is 5.63 Å². The molecule has 0 N–H and O–H groups in total. The number of benzene rings is 3. The average Bonchev–Trinajstić information content (AvgIpc) is 3.29. The van der Waals surface area contributed by atoms with Crippen molar-refractivity contribution in [3.63, 3.8) is 0 Å². The molecule has 6 rings (SSSR count). The van der Waals surface area contributed by atoms with Gasteiger partial charge in [-0.3, -0.25) is 4.40 Å². The monoisotopic (exact) mass is 445 g/mol. The highest BCUT2D eigenvalue weighted by Crippen LogP contribution is 2.32. The molecule has 34 heavy (non-hydrogen) atoms. The van der Waals surface area contributed by atoms with Gasteiger partial charge in [0.05, 0.1) is 17.6 Å². The highest BCUT2D eigenvalue weighted by molar-refractivity contribution is 5.81. The van der Waals surface area contributed by atoms with Crippen LogP contribution in [0.15, 0.2) is 107 Å². The number of ether oxygens (including phenoxy) is 1. The Balaban J connectivity index is 1.53. The fourth-order valence-corrected chi connectivity index (χ4v) is 4.08. The summed E-state index contributed by atoms with van der Waals surface area (Å²) >= 11 is 0. The lowest BCUT2D eigenvalue weighted by Gasteiger charge is -2.11. The Morgan fingerprint density at radius 1 is 0.882 bits per heavy atom. The highest BCUT2D eigenvalue weighted by Gasteiger charge is 2.16. The van der Waals surface area contributed by atoms with E-state index in [1.165, 1.54) is 6.07 Å². The zero-order valence-electron chi connectivity index (χ0n) is 18.3. The molecule has 3 aromatic heterocycles. The van der Waals surface area contributed by atoms with Crippen molar-refractivity contribution >= 4 is 16.6 Å². The van der Waals surface area contributed by atoms with E-state index in [1.54, 1.807) is 6.07 Å². The van der Waals surface area contributed by atoms with Crippen molar-refractivity contribution in [2.45, 2.75) is 6.92 Å². The van der Waals surface area contributed by atoms with Crippen molar-refractivity contribution in [1.82, 2.24) is 14.4 Å². The van der Waals surface area contributed by atoms with Crippen molar-refractivity contribution in [1.29, 1.82) is 0 Å². The third-order valence-corrected chi connectivity index (χ3v) is 5.74. The van der Waals surface area contributed by atoms with E-state index in [-0.39, 0.29) is 0 Å². The van der Waals surface area contributed by atoms with Crippen molar-refractivity contribution in [3.8, 4) is 34.1 Å². The molecule has 0 atom stereocenters. The van der Waals surface area contributed by atoms with E-state index >= 15 is 0 Å². The lowest BCUT2D eigenvalue weighted by Crippen LogP contribution is -2.00. The predicted molar refractivity (Wildman–Crippen MR) is 131 cm³/mol. The highest BCUT2D eigenvalue weighted by atomic mass is 16.5. The van der Waals surface area contributed by atoms with E-state index in [0.29, 0.717) is 22.9 Å². The molecule has 0 aliphatic carbocycles. The summed E-state index contributed by atoms with van der Waals surface area (Å²) in [5.41, 5.74) is 5.19. The summed E-state index contributed by atoms with van der Waals surface area (Å²) in [6.07, 6.45) is 3.78. The van der Waals surface area contributed by atoms with Crippen LogP contribution in [0.25, 0.3) is 39.1 Å². The maximum atomic E-state index is 11.9. The van der Waals surface area contributed by atoms with Gasteiger partial charge < -0.3 is 9.15 Å². The lowest BCUT2D eigenvalue weighted by atomic mass is 10.1. The van der Waals surface area contributed by atoms with E-state index in [0.717, 1.165) is 33.5 Å². The molecule has 0 amide bonds. The van der Waals surface area contributed by atoms with Gasteiger partial charge in [-0.2, -0.15) is 0 Å². The van der Waals surface area contributed by atoms with Gasteiger partial charge in [0.15, 0.2) is 0 Å². The number of aryl methyl sites for hydroxylation is 1. The van der Waals surface area contributed by atoms with E-state index in [9.17, 15) is 4.79 Å². The largest absolute Gasteiger partial charge is 0.436 e. The van der Waals surface area contributed by atoms with Crippen LogP contribution in [0.1, 0.15) is 5.56 Å². The Bertz CT molecular complexity index is 1700. The summed E-state index contributed by atoms with van der Waals surface area (Å²) in [4.78, 5) is 21.3. The molecule has 0 fully saturated rings. The molecule has 0 saturated carbocycles. The summed E-state index contributed by atoms with van der Waals surface area (Å²) in [5, 5.41) is 0.857. The van der Waals surface area contributed by atoms with Crippen molar-refractivity contribution in [2.75, 3.05) is 0 Å². The molecule has 6 nitrogen and oxygen atoms in total. The summed E-state index contributed by atoms with van der Waals surface area (Å²) in [5.74, 6) is 0.864. The minimum Gasteiger partial charge on any atom is -0.436 e. The molecular formula is C28H19N3O3. The molecule has 3 aromatic carbocycles. The topological polar surface area (TPSA) is 69.6 Å². The van der Waals surface area contributed by atoms with Crippen LogP contribution in [0, 0.1) is 6.92 Å². The fraction of sp³-hybridized carbons (Fsp3) is 0.0357. The van der Waals surface area contributed by atoms with Crippen molar-refractivity contribution < 1.29 is 9.15 Å². The van der Waals surface area contributed by atoms with Gasteiger partial charge in [-0.15, -0.1) is 0 Å². The number of aromatic nitrogens is 3. The summed E-state index contributed by atoms with van der Waals surface area (Å²) in [6.45, 7) is 1.88. The molecule has 0 bridgehead atoms. The van der Waals surface area contributed by atoms with E-state index in [1.807, 2.05) is 96.5 Å². The average molecular weight is 445 g/mol. The number of fused-ring (bicyclic) bond motifs is 2. The second-order valence-electron chi connectivity index (χ2n) is 8.01. The maximum absolute atomic E-state index is 11.9. The van der Waals surface area contributed by atoms with Gasteiger partial charge in [0.25, 0.3) is 5.88 Å². The van der Waals surface area contributed by atoms with Gasteiger partial charge in [-0.05, 0) is 24.6 Å². The lowest BCUT2D eigenvalue weighted by molar-refractivity contribution is 0.464. The van der Waals surface area contributed by atoms with Crippen LogP contribution in [-0.2, 0) is 0 Å². The number of nitrogens with zero attached hydrogens (tertiary/aromatic N) is 3. The molecule has 3 heterocycles. The molecule has 0 saturated heterocycles. The molecule has 0 radical (unpaired) electrons.